The van der Waals surface area contributed by atoms with Crippen molar-refractivity contribution in [2.24, 2.45) is 0 Å². The first-order chi connectivity index (χ1) is 8.94. The van der Waals surface area contributed by atoms with Gasteiger partial charge in [-0.25, -0.2) is 4.98 Å². The lowest BCUT2D eigenvalue weighted by molar-refractivity contribution is 0.626. The molecule has 0 spiro atoms. The number of nitrogens with one attached hydrogen (secondary N) is 2. The predicted molar refractivity (Wildman–Crippen MR) is 79.9 cm³/mol. The Balaban J connectivity index is 2.23. The molecule has 0 atom stereocenters. The molecule has 0 aliphatic rings. The maximum absolute atomic E-state index is 4.52. The number of rotatable bonds is 3. The highest BCUT2D eigenvalue weighted by atomic mass is 15.2. The zero-order valence-electron chi connectivity index (χ0n) is 11.9. The third-order valence-corrected chi connectivity index (χ3v) is 2.50. The second kappa shape index (κ2) is 5.26. The fraction of sp³-hybridized carbons (Fsp3) is 0.333. The summed E-state index contributed by atoms with van der Waals surface area (Å²) in [6.07, 6.45) is 1.83. The van der Waals surface area contributed by atoms with Gasteiger partial charge in [0.05, 0.1) is 0 Å². The third-order valence-electron chi connectivity index (χ3n) is 2.50. The number of para-hydroxylation sites is 1. The van der Waals surface area contributed by atoms with Gasteiger partial charge in [0.2, 0.25) is 5.95 Å². The van der Waals surface area contributed by atoms with Crippen molar-refractivity contribution in [1.82, 2.24) is 9.97 Å². The second-order valence-corrected chi connectivity index (χ2v) is 5.59. The van der Waals surface area contributed by atoms with Crippen molar-refractivity contribution in [2.45, 2.75) is 33.2 Å². The van der Waals surface area contributed by atoms with E-state index in [1.807, 2.05) is 43.5 Å². The molecule has 2 N–H and O–H groups in total. The van der Waals surface area contributed by atoms with E-state index >= 15 is 0 Å². The van der Waals surface area contributed by atoms with Crippen molar-refractivity contribution in [3.8, 4) is 0 Å². The summed E-state index contributed by atoms with van der Waals surface area (Å²) >= 11 is 0. The second-order valence-electron chi connectivity index (χ2n) is 5.59. The first kappa shape index (κ1) is 13.3. The van der Waals surface area contributed by atoms with Crippen molar-refractivity contribution >= 4 is 17.5 Å². The SMILES string of the molecule is Cc1cnc(NC(C)(C)C)nc1Nc1ccccc1. The molecule has 2 aromatic rings. The Morgan fingerprint density at radius 3 is 2.37 bits per heavy atom. The van der Waals surface area contributed by atoms with Gasteiger partial charge >= 0.3 is 0 Å². The van der Waals surface area contributed by atoms with Crippen LogP contribution in [0, 0.1) is 6.92 Å². The monoisotopic (exact) mass is 256 g/mol. The molecule has 19 heavy (non-hydrogen) atoms. The van der Waals surface area contributed by atoms with E-state index in [-0.39, 0.29) is 5.54 Å². The van der Waals surface area contributed by atoms with Gasteiger partial charge in [0.25, 0.3) is 0 Å². The zero-order chi connectivity index (χ0) is 13.9. The first-order valence-electron chi connectivity index (χ1n) is 6.38. The molecular weight excluding hydrogens is 236 g/mol. The van der Waals surface area contributed by atoms with Crippen LogP contribution >= 0.6 is 0 Å². The maximum atomic E-state index is 4.52. The van der Waals surface area contributed by atoms with Gasteiger partial charge in [-0.1, -0.05) is 18.2 Å². The van der Waals surface area contributed by atoms with E-state index in [0.717, 1.165) is 17.1 Å². The van der Waals surface area contributed by atoms with Gasteiger partial charge < -0.3 is 10.6 Å². The largest absolute Gasteiger partial charge is 0.350 e. The minimum absolute atomic E-state index is 0.0563. The summed E-state index contributed by atoms with van der Waals surface area (Å²) < 4.78 is 0. The molecule has 0 bridgehead atoms. The predicted octanol–water partition coefficient (Wildman–Crippen LogP) is 3.74. The molecule has 0 unspecified atom stereocenters. The van der Waals surface area contributed by atoms with E-state index in [9.17, 15) is 0 Å². The summed E-state index contributed by atoms with van der Waals surface area (Å²) in [7, 11) is 0. The molecule has 4 heteroatoms. The highest BCUT2D eigenvalue weighted by molar-refractivity contribution is 5.59. The van der Waals surface area contributed by atoms with Gasteiger partial charge in [-0.3, -0.25) is 0 Å². The maximum Gasteiger partial charge on any atom is 0.225 e. The van der Waals surface area contributed by atoms with Crippen LogP contribution in [0.15, 0.2) is 36.5 Å². The molecule has 0 aliphatic heterocycles. The van der Waals surface area contributed by atoms with Gasteiger partial charge in [0.15, 0.2) is 0 Å². The summed E-state index contributed by atoms with van der Waals surface area (Å²) in [5, 5.41) is 6.58. The molecular formula is C15H20N4. The Hall–Kier alpha value is -2.10. The van der Waals surface area contributed by atoms with Crippen molar-refractivity contribution in [3.63, 3.8) is 0 Å². The number of benzene rings is 1. The van der Waals surface area contributed by atoms with Gasteiger partial charge in [-0.15, -0.1) is 0 Å². The van der Waals surface area contributed by atoms with E-state index in [1.165, 1.54) is 0 Å². The molecule has 0 radical (unpaired) electrons. The lowest BCUT2D eigenvalue weighted by Crippen LogP contribution is -2.27. The Labute approximate surface area is 114 Å². The van der Waals surface area contributed by atoms with E-state index in [4.69, 9.17) is 0 Å². The Bertz CT molecular complexity index is 544. The minimum atomic E-state index is -0.0563. The third kappa shape index (κ3) is 3.95. The van der Waals surface area contributed by atoms with E-state index in [0.29, 0.717) is 5.95 Å². The van der Waals surface area contributed by atoms with E-state index in [1.54, 1.807) is 0 Å². The molecule has 1 aromatic carbocycles. The molecule has 1 aromatic heterocycles. The average molecular weight is 256 g/mol. The van der Waals surface area contributed by atoms with Crippen LogP contribution in [0.3, 0.4) is 0 Å². The highest BCUT2D eigenvalue weighted by Crippen LogP contribution is 2.19. The van der Waals surface area contributed by atoms with Crippen LogP contribution in [0.2, 0.25) is 0 Å². The number of hydrogen-bond donors (Lipinski definition) is 2. The van der Waals surface area contributed by atoms with Crippen LogP contribution in [0.5, 0.6) is 0 Å². The Morgan fingerprint density at radius 1 is 1.05 bits per heavy atom. The summed E-state index contributed by atoms with van der Waals surface area (Å²) in [6.45, 7) is 8.24. The summed E-state index contributed by atoms with van der Waals surface area (Å²) in [5.41, 5.74) is 1.98. The smallest absolute Gasteiger partial charge is 0.225 e. The van der Waals surface area contributed by atoms with E-state index < -0.39 is 0 Å². The highest BCUT2D eigenvalue weighted by Gasteiger charge is 2.12. The summed E-state index contributed by atoms with van der Waals surface area (Å²) in [4.78, 5) is 8.82. The van der Waals surface area contributed by atoms with Crippen molar-refractivity contribution < 1.29 is 0 Å². The van der Waals surface area contributed by atoms with Crippen molar-refractivity contribution in [2.75, 3.05) is 10.6 Å². The summed E-state index contributed by atoms with van der Waals surface area (Å²) in [6, 6.07) is 10.0. The number of anilines is 3. The molecule has 4 nitrogen and oxygen atoms in total. The first-order valence-corrected chi connectivity index (χ1v) is 6.38. The van der Waals surface area contributed by atoms with Crippen molar-refractivity contribution in [1.29, 1.82) is 0 Å². The number of aromatic nitrogens is 2. The van der Waals surface area contributed by atoms with Crippen LogP contribution in [0.4, 0.5) is 17.5 Å². The van der Waals surface area contributed by atoms with Gasteiger partial charge in [-0.2, -0.15) is 4.98 Å². The van der Waals surface area contributed by atoms with Gasteiger partial charge in [0, 0.05) is 23.0 Å². The van der Waals surface area contributed by atoms with Crippen LogP contribution < -0.4 is 10.6 Å². The Morgan fingerprint density at radius 2 is 1.74 bits per heavy atom. The molecule has 0 saturated heterocycles. The fourth-order valence-corrected chi connectivity index (χ4v) is 1.62. The molecule has 0 saturated carbocycles. The lowest BCUT2D eigenvalue weighted by Gasteiger charge is -2.21. The van der Waals surface area contributed by atoms with Crippen LogP contribution in [0.1, 0.15) is 26.3 Å². The van der Waals surface area contributed by atoms with Crippen LogP contribution in [-0.4, -0.2) is 15.5 Å². The molecule has 0 aliphatic carbocycles. The van der Waals surface area contributed by atoms with Crippen molar-refractivity contribution in [3.05, 3.63) is 42.1 Å². The standard InChI is InChI=1S/C15H20N4/c1-11-10-16-14(19-15(2,3)4)18-13(11)17-12-8-6-5-7-9-12/h5-10H,1-4H3,(H2,16,17,18,19). The van der Waals surface area contributed by atoms with Gasteiger partial charge in [0.1, 0.15) is 5.82 Å². The number of hydrogen-bond acceptors (Lipinski definition) is 4. The quantitative estimate of drug-likeness (QED) is 0.878. The molecule has 0 amide bonds. The Kier molecular flexibility index (Phi) is 3.69. The van der Waals surface area contributed by atoms with Crippen LogP contribution in [0.25, 0.3) is 0 Å². The molecule has 2 rings (SSSR count). The topological polar surface area (TPSA) is 49.8 Å². The lowest BCUT2D eigenvalue weighted by atomic mass is 10.1. The van der Waals surface area contributed by atoms with Crippen LogP contribution in [-0.2, 0) is 0 Å². The molecule has 0 fully saturated rings. The number of aryl methyl sites for hydroxylation is 1. The van der Waals surface area contributed by atoms with Gasteiger partial charge in [-0.05, 0) is 39.8 Å². The average Bonchev–Trinajstić information content (AvgIpc) is 2.33. The van der Waals surface area contributed by atoms with E-state index in [2.05, 4.69) is 41.4 Å². The fourth-order valence-electron chi connectivity index (χ4n) is 1.62. The molecule has 100 valence electrons. The minimum Gasteiger partial charge on any atom is -0.350 e. The number of nitrogens with zero attached hydrogens (tertiary/aromatic N) is 2. The zero-order valence-corrected chi connectivity index (χ0v) is 11.9. The summed E-state index contributed by atoms with van der Waals surface area (Å²) in [5.74, 6) is 1.46. The normalized spacial score (nSPS) is 11.2. The molecule has 1 heterocycles.